The summed E-state index contributed by atoms with van der Waals surface area (Å²) in [6.45, 7) is 3.13. The molecule has 0 aromatic heterocycles. The maximum absolute atomic E-state index is 12.0. The molecule has 22 heavy (non-hydrogen) atoms. The second-order valence-electron chi connectivity index (χ2n) is 4.86. The van der Waals surface area contributed by atoms with Crippen molar-refractivity contribution in [3.8, 4) is 0 Å². The lowest BCUT2D eigenvalue weighted by atomic mass is 10.3. The summed E-state index contributed by atoms with van der Waals surface area (Å²) in [5.74, 6) is -1.17. The quantitative estimate of drug-likeness (QED) is 0.841. The van der Waals surface area contributed by atoms with E-state index in [9.17, 15) is 14.4 Å². The Morgan fingerprint density at radius 3 is 2.32 bits per heavy atom. The highest BCUT2D eigenvalue weighted by Crippen LogP contribution is 2.27. The lowest BCUT2D eigenvalue weighted by molar-refractivity contribution is -0.147. The van der Waals surface area contributed by atoms with Gasteiger partial charge in [0.1, 0.15) is 6.54 Å². The van der Waals surface area contributed by atoms with Crippen LogP contribution in [0.4, 0.5) is 5.69 Å². The molecule has 2 atom stereocenters. The molecule has 2 rings (SSSR count). The highest BCUT2D eigenvalue weighted by molar-refractivity contribution is 8.02. The van der Waals surface area contributed by atoms with Crippen LogP contribution < -0.4 is 5.32 Å². The van der Waals surface area contributed by atoms with Crippen LogP contribution in [0.25, 0.3) is 0 Å². The number of amides is 3. The van der Waals surface area contributed by atoms with E-state index in [1.165, 1.54) is 17.8 Å². The molecule has 1 aromatic carbocycles. The van der Waals surface area contributed by atoms with Crippen molar-refractivity contribution < 1.29 is 14.4 Å². The number of thioether (sulfide) groups is 1. The molecule has 0 radical (unpaired) electrons. The Hall–Kier alpha value is -1.24. The van der Waals surface area contributed by atoms with Gasteiger partial charge in [-0.2, -0.15) is 0 Å². The molecule has 0 spiro atoms. The normalized spacial score (nSPS) is 21.9. The minimum atomic E-state index is -0.466. The predicted molar refractivity (Wildman–Crippen MR) is 88.3 cm³/mol. The number of hydrogen-bond donors (Lipinski definition) is 1. The Morgan fingerprint density at radius 1 is 1.18 bits per heavy atom. The predicted octanol–water partition coefficient (Wildman–Crippen LogP) is 2.81. The Bertz CT molecular complexity index is 619. The van der Waals surface area contributed by atoms with Crippen LogP contribution in [0.15, 0.2) is 18.2 Å². The summed E-state index contributed by atoms with van der Waals surface area (Å²) < 4.78 is 0. The number of carbonyl (C=O) groups is 3. The van der Waals surface area contributed by atoms with Crippen LogP contribution in [0.1, 0.15) is 13.8 Å². The van der Waals surface area contributed by atoms with E-state index in [0.29, 0.717) is 15.7 Å². The van der Waals surface area contributed by atoms with E-state index >= 15 is 0 Å². The number of halogens is 2. The van der Waals surface area contributed by atoms with Gasteiger partial charge in [0.25, 0.3) is 0 Å². The van der Waals surface area contributed by atoms with Gasteiger partial charge in [-0.25, -0.2) is 0 Å². The van der Waals surface area contributed by atoms with Crippen LogP contribution in [-0.2, 0) is 14.4 Å². The van der Waals surface area contributed by atoms with Gasteiger partial charge < -0.3 is 5.32 Å². The van der Waals surface area contributed by atoms with Crippen LogP contribution in [-0.4, -0.2) is 39.7 Å². The number of hydrogen-bond acceptors (Lipinski definition) is 4. The smallest absolute Gasteiger partial charge is 0.244 e. The Labute approximate surface area is 142 Å². The summed E-state index contributed by atoms with van der Waals surface area (Å²) in [6.07, 6.45) is 0. The molecule has 5 nitrogen and oxygen atoms in total. The largest absolute Gasteiger partial charge is 0.324 e. The van der Waals surface area contributed by atoms with Crippen LogP contribution in [0, 0.1) is 0 Å². The number of rotatable bonds is 3. The van der Waals surface area contributed by atoms with Crippen molar-refractivity contribution in [2.75, 3.05) is 11.9 Å². The third-order valence-corrected chi connectivity index (χ3v) is 5.10. The van der Waals surface area contributed by atoms with Gasteiger partial charge in [0, 0.05) is 5.69 Å². The molecular formula is C14H14Cl2N2O3S. The van der Waals surface area contributed by atoms with Crippen molar-refractivity contribution in [3.05, 3.63) is 28.2 Å². The summed E-state index contributed by atoms with van der Waals surface area (Å²) in [7, 11) is 0. The Balaban J connectivity index is 2.05. The standard InChI is InChI=1S/C14H14Cl2N2O3S/c1-7-13(20)18(14(21)8(2)22-7)6-12(19)17-9-3-4-10(15)11(16)5-9/h3-5,7-8H,6H2,1-2H3,(H,17,19)/t7-,8-/m1/s1. The lowest BCUT2D eigenvalue weighted by Gasteiger charge is -2.31. The highest BCUT2D eigenvalue weighted by atomic mass is 35.5. The highest BCUT2D eigenvalue weighted by Gasteiger charge is 2.37. The maximum atomic E-state index is 12.0. The van der Waals surface area contributed by atoms with Gasteiger partial charge in [0.15, 0.2) is 0 Å². The van der Waals surface area contributed by atoms with Crippen molar-refractivity contribution in [1.82, 2.24) is 4.90 Å². The van der Waals surface area contributed by atoms with Crippen molar-refractivity contribution in [1.29, 1.82) is 0 Å². The zero-order chi connectivity index (χ0) is 16.4. The van der Waals surface area contributed by atoms with Gasteiger partial charge in [0.05, 0.1) is 20.5 Å². The summed E-state index contributed by atoms with van der Waals surface area (Å²) in [5.41, 5.74) is 0.451. The molecule has 1 heterocycles. The number of carbonyl (C=O) groups excluding carboxylic acids is 3. The monoisotopic (exact) mass is 360 g/mol. The SMILES string of the molecule is C[C@H]1S[C@H](C)C(=O)N(CC(=O)Nc2ccc(Cl)c(Cl)c2)C1=O. The van der Waals surface area contributed by atoms with Crippen molar-refractivity contribution in [2.45, 2.75) is 24.3 Å². The first-order chi connectivity index (χ1) is 10.3. The number of nitrogens with one attached hydrogen (secondary N) is 1. The van der Waals surface area contributed by atoms with Gasteiger partial charge >= 0.3 is 0 Å². The van der Waals surface area contributed by atoms with E-state index in [1.54, 1.807) is 26.0 Å². The Kier molecular flexibility index (Phi) is 5.36. The molecule has 1 fully saturated rings. The van der Waals surface area contributed by atoms with Gasteiger partial charge in [-0.3, -0.25) is 19.3 Å². The molecule has 0 saturated carbocycles. The molecule has 0 unspecified atom stereocenters. The summed E-state index contributed by atoms with van der Waals surface area (Å²) in [6, 6.07) is 4.65. The first-order valence-electron chi connectivity index (χ1n) is 6.55. The zero-order valence-electron chi connectivity index (χ0n) is 11.9. The molecule has 1 N–H and O–H groups in total. The molecule has 1 aromatic rings. The second-order valence-corrected chi connectivity index (χ2v) is 7.36. The van der Waals surface area contributed by atoms with E-state index in [-0.39, 0.29) is 28.9 Å². The number of benzene rings is 1. The molecule has 0 bridgehead atoms. The number of nitrogens with zero attached hydrogens (tertiary/aromatic N) is 1. The van der Waals surface area contributed by atoms with Crippen LogP contribution >= 0.6 is 35.0 Å². The topological polar surface area (TPSA) is 66.5 Å². The molecule has 118 valence electrons. The van der Waals surface area contributed by atoms with E-state index in [4.69, 9.17) is 23.2 Å². The van der Waals surface area contributed by atoms with Gasteiger partial charge in [-0.1, -0.05) is 23.2 Å². The third kappa shape index (κ3) is 3.74. The minimum Gasteiger partial charge on any atom is -0.324 e. The van der Waals surface area contributed by atoms with E-state index in [2.05, 4.69) is 5.32 Å². The van der Waals surface area contributed by atoms with Crippen LogP contribution in [0.2, 0.25) is 10.0 Å². The second kappa shape index (κ2) is 6.89. The average molecular weight is 361 g/mol. The zero-order valence-corrected chi connectivity index (χ0v) is 14.3. The van der Waals surface area contributed by atoms with Crippen LogP contribution in [0.3, 0.4) is 0 Å². The Morgan fingerprint density at radius 2 is 1.77 bits per heavy atom. The van der Waals surface area contributed by atoms with Crippen LogP contribution in [0.5, 0.6) is 0 Å². The summed E-state index contributed by atoms with van der Waals surface area (Å²) in [4.78, 5) is 37.1. The molecule has 1 aliphatic heterocycles. The third-order valence-electron chi connectivity index (χ3n) is 3.14. The van der Waals surface area contributed by atoms with Crippen molar-refractivity contribution >= 4 is 58.4 Å². The fourth-order valence-corrected chi connectivity index (χ4v) is 3.44. The first kappa shape index (κ1) is 17.1. The van der Waals surface area contributed by atoms with Crippen molar-refractivity contribution in [3.63, 3.8) is 0 Å². The van der Waals surface area contributed by atoms with Crippen molar-refractivity contribution in [2.24, 2.45) is 0 Å². The van der Waals surface area contributed by atoms with Gasteiger partial charge in [0.2, 0.25) is 17.7 Å². The van der Waals surface area contributed by atoms with E-state index in [1.807, 2.05) is 0 Å². The fourth-order valence-electron chi connectivity index (χ4n) is 2.04. The summed E-state index contributed by atoms with van der Waals surface area (Å²) >= 11 is 13.0. The molecule has 1 aliphatic rings. The molecule has 8 heteroatoms. The number of anilines is 1. The first-order valence-corrected chi connectivity index (χ1v) is 8.25. The van der Waals surface area contributed by atoms with Gasteiger partial charge in [-0.05, 0) is 32.0 Å². The van der Waals surface area contributed by atoms with E-state index in [0.717, 1.165) is 4.90 Å². The van der Waals surface area contributed by atoms with Gasteiger partial charge in [-0.15, -0.1) is 11.8 Å². The summed E-state index contributed by atoms with van der Waals surface area (Å²) in [5, 5.41) is 2.59. The number of imide groups is 1. The maximum Gasteiger partial charge on any atom is 0.244 e. The molecule has 0 aliphatic carbocycles. The lowest BCUT2D eigenvalue weighted by Crippen LogP contribution is -2.52. The minimum absolute atomic E-state index is 0.309. The van der Waals surface area contributed by atoms with E-state index < -0.39 is 5.91 Å². The average Bonchev–Trinajstić information content (AvgIpc) is 2.45. The molecule has 1 saturated heterocycles. The molecular weight excluding hydrogens is 347 g/mol. The molecule has 3 amide bonds. The fraction of sp³-hybridized carbons (Fsp3) is 0.357.